The number of unbranched alkanes of at least 4 members (excludes halogenated alkanes) is 7. The summed E-state index contributed by atoms with van der Waals surface area (Å²) >= 11 is 0. The number of carbonyl (C=O) groups excluding carboxylic acids is 1. The topological polar surface area (TPSA) is 87.3 Å². The number of esters is 1. The molecular formula is C32H38N4O3. The van der Waals surface area contributed by atoms with Crippen LogP contribution in [0.25, 0.3) is 0 Å². The van der Waals surface area contributed by atoms with Gasteiger partial charge in [0.15, 0.2) is 0 Å². The van der Waals surface area contributed by atoms with Gasteiger partial charge in [0.2, 0.25) is 0 Å². The van der Waals surface area contributed by atoms with E-state index < -0.39 is 5.97 Å². The number of hydrogen-bond acceptors (Lipinski definition) is 7. The zero-order valence-corrected chi connectivity index (χ0v) is 23.0. The number of rotatable bonds is 15. The second-order valence-corrected chi connectivity index (χ2v) is 9.23. The van der Waals surface area contributed by atoms with Crippen LogP contribution < -0.4 is 9.64 Å². The van der Waals surface area contributed by atoms with Crippen LogP contribution in [0.2, 0.25) is 0 Å². The lowest BCUT2D eigenvalue weighted by Gasteiger charge is -2.19. The highest BCUT2D eigenvalue weighted by atomic mass is 16.5. The molecule has 39 heavy (non-hydrogen) atoms. The van der Waals surface area contributed by atoms with Crippen molar-refractivity contribution in [3.63, 3.8) is 0 Å². The standard InChI is InChI=1S/C32H38N4O3/c1-3-5-6-7-8-9-10-11-24-39-30-18-14-28(15-19-30)35-34-27-12-16-29(17-13-27)36-22-20-26(21-23-36)31(25-33)32(37)38-4-2/h12-23H,3-11,24H2,1-2H3. The van der Waals surface area contributed by atoms with Crippen molar-refractivity contribution in [2.45, 2.75) is 65.2 Å². The minimum Gasteiger partial charge on any atom is -0.494 e. The van der Waals surface area contributed by atoms with Crippen molar-refractivity contribution in [3.05, 3.63) is 84.2 Å². The number of ether oxygens (including phenoxy) is 2. The van der Waals surface area contributed by atoms with Crippen LogP contribution in [0.15, 0.2) is 94.5 Å². The fourth-order valence-electron chi connectivity index (χ4n) is 4.04. The first kappa shape index (κ1) is 29.4. The lowest BCUT2D eigenvalue weighted by atomic mass is 10.1. The Labute approximate surface area is 232 Å². The van der Waals surface area contributed by atoms with E-state index >= 15 is 0 Å². The maximum atomic E-state index is 11.9. The van der Waals surface area contributed by atoms with Gasteiger partial charge in [-0.15, -0.1) is 0 Å². The molecule has 0 radical (unpaired) electrons. The lowest BCUT2D eigenvalue weighted by molar-refractivity contribution is -0.138. The molecule has 204 valence electrons. The van der Waals surface area contributed by atoms with Crippen LogP contribution in [-0.4, -0.2) is 19.2 Å². The van der Waals surface area contributed by atoms with Crippen molar-refractivity contribution in [1.29, 1.82) is 5.26 Å². The molecule has 0 unspecified atom stereocenters. The summed E-state index contributed by atoms with van der Waals surface area (Å²) in [5, 5.41) is 18.0. The number of azo groups is 1. The Morgan fingerprint density at radius 2 is 1.38 bits per heavy atom. The van der Waals surface area contributed by atoms with Gasteiger partial charge in [0.05, 0.1) is 24.6 Å². The van der Waals surface area contributed by atoms with Gasteiger partial charge in [-0.2, -0.15) is 15.5 Å². The lowest BCUT2D eigenvalue weighted by Crippen LogP contribution is -2.12. The van der Waals surface area contributed by atoms with Crippen LogP contribution in [0.4, 0.5) is 17.1 Å². The van der Waals surface area contributed by atoms with E-state index in [1.54, 1.807) is 31.5 Å². The third-order valence-corrected chi connectivity index (χ3v) is 6.24. The van der Waals surface area contributed by atoms with E-state index in [0.29, 0.717) is 5.57 Å². The van der Waals surface area contributed by atoms with E-state index in [-0.39, 0.29) is 12.2 Å². The van der Waals surface area contributed by atoms with Gasteiger partial charge >= 0.3 is 5.97 Å². The van der Waals surface area contributed by atoms with E-state index in [2.05, 4.69) is 17.2 Å². The van der Waals surface area contributed by atoms with Crippen molar-refractivity contribution < 1.29 is 14.3 Å². The Balaban J connectivity index is 1.44. The summed E-state index contributed by atoms with van der Waals surface area (Å²) in [6.45, 7) is 4.92. The normalized spacial score (nSPS) is 12.5. The van der Waals surface area contributed by atoms with Crippen molar-refractivity contribution in [1.82, 2.24) is 0 Å². The fraction of sp³-hybridized carbons (Fsp3) is 0.375. The van der Waals surface area contributed by atoms with Gasteiger partial charge in [-0.1, -0.05) is 51.9 Å². The molecule has 0 bridgehead atoms. The molecule has 0 spiro atoms. The number of carbonyl (C=O) groups is 1. The number of benzene rings is 2. The smallest absolute Gasteiger partial charge is 0.349 e. The quantitative estimate of drug-likeness (QED) is 0.0760. The summed E-state index contributed by atoms with van der Waals surface area (Å²) in [5.41, 5.74) is 2.90. The molecule has 0 amide bonds. The van der Waals surface area contributed by atoms with Crippen LogP contribution in [0, 0.1) is 11.3 Å². The van der Waals surface area contributed by atoms with Gasteiger partial charge in [0.25, 0.3) is 0 Å². The molecule has 0 aromatic heterocycles. The fourth-order valence-corrected chi connectivity index (χ4v) is 4.04. The molecule has 7 nitrogen and oxygen atoms in total. The van der Waals surface area contributed by atoms with Crippen molar-refractivity contribution in [2.75, 3.05) is 18.1 Å². The summed E-state index contributed by atoms with van der Waals surface area (Å²) in [5.74, 6) is 0.236. The highest BCUT2D eigenvalue weighted by molar-refractivity contribution is 5.95. The van der Waals surface area contributed by atoms with E-state index in [1.165, 1.54) is 44.9 Å². The second-order valence-electron chi connectivity index (χ2n) is 9.23. The molecule has 0 saturated heterocycles. The highest BCUT2D eigenvalue weighted by Gasteiger charge is 2.15. The minimum atomic E-state index is -0.617. The molecule has 2 aromatic carbocycles. The summed E-state index contributed by atoms with van der Waals surface area (Å²) < 4.78 is 10.8. The van der Waals surface area contributed by atoms with Gasteiger partial charge in [0.1, 0.15) is 17.4 Å². The Morgan fingerprint density at radius 3 is 1.95 bits per heavy atom. The third-order valence-electron chi connectivity index (χ3n) is 6.24. The number of anilines is 1. The average molecular weight is 527 g/mol. The second kappa shape index (κ2) is 16.6. The molecule has 2 aromatic rings. The SMILES string of the molecule is CCCCCCCCCCOc1ccc(N=Nc2ccc(N3C=CC(=C(C#N)C(=O)OCC)C=C3)cc2)cc1. The molecule has 0 N–H and O–H groups in total. The van der Waals surface area contributed by atoms with Gasteiger partial charge in [-0.25, -0.2) is 4.79 Å². The first-order valence-corrected chi connectivity index (χ1v) is 13.9. The van der Waals surface area contributed by atoms with Gasteiger partial charge in [0, 0.05) is 23.7 Å². The Hall–Kier alpha value is -4.18. The summed E-state index contributed by atoms with van der Waals surface area (Å²) in [7, 11) is 0. The molecule has 1 aliphatic heterocycles. The van der Waals surface area contributed by atoms with Crippen LogP contribution in [-0.2, 0) is 9.53 Å². The molecule has 0 fully saturated rings. The Bertz CT molecular complexity index is 1190. The first-order chi connectivity index (χ1) is 19.1. The zero-order valence-electron chi connectivity index (χ0n) is 23.0. The number of nitrogens with zero attached hydrogens (tertiary/aromatic N) is 4. The molecule has 0 saturated carbocycles. The molecule has 1 heterocycles. The van der Waals surface area contributed by atoms with Gasteiger partial charge < -0.3 is 14.4 Å². The van der Waals surface area contributed by atoms with E-state index in [4.69, 9.17) is 9.47 Å². The molecule has 0 atom stereocenters. The monoisotopic (exact) mass is 526 g/mol. The number of allylic oxidation sites excluding steroid dienone is 3. The maximum Gasteiger partial charge on any atom is 0.349 e. The van der Waals surface area contributed by atoms with E-state index in [1.807, 2.05) is 59.5 Å². The largest absolute Gasteiger partial charge is 0.494 e. The average Bonchev–Trinajstić information content (AvgIpc) is 2.97. The van der Waals surface area contributed by atoms with Gasteiger partial charge in [-0.05, 0) is 74.0 Å². The van der Waals surface area contributed by atoms with Crippen LogP contribution in [0.1, 0.15) is 65.2 Å². The Morgan fingerprint density at radius 1 is 0.821 bits per heavy atom. The van der Waals surface area contributed by atoms with E-state index in [9.17, 15) is 10.1 Å². The maximum absolute atomic E-state index is 11.9. The molecule has 1 aliphatic rings. The summed E-state index contributed by atoms with van der Waals surface area (Å²) in [4.78, 5) is 13.8. The highest BCUT2D eigenvalue weighted by Crippen LogP contribution is 2.26. The Kier molecular flexibility index (Phi) is 12.5. The summed E-state index contributed by atoms with van der Waals surface area (Å²) in [6.07, 6.45) is 17.3. The number of hydrogen-bond donors (Lipinski definition) is 0. The zero-order chi connectivity index (χ0) is 27.7. The third kappa shape index (κ3) is 9.90. The minimum absolute atomic E-state index is 0.0112. The molecule has 7 heteroatoms. The van der Waals surface area contributed by atoms with Crippen LogP contribution in [0.3, 0.4) is 0 Å². The molecule has 0 aliphatic carbocycles. The van der Waals surface area contributed by atoms with E-state index in [0.717, 1.165) is 35.8 Å². The summed E-state index contributed by atoms with van der Waals surface area (Å²) in [6, 6.07) is 17.2. The molecular weight excluding hydrogens is 488 g/mol. The van der Waals surface area contributed by atoms with Crippen molar-refractivity contribution in [2.24, 2.45) is 10.2 Å². The predicted molar refractivity (Wildman–Crippen MR) is 155 cm³/mol. The predicted octanol–water partition coefficient (Wildman–Crippen LogP) is 8.85. The van der Waals surface area contributed by atoms with Gasteiger partial charge in [-0.3, -0.25) is 0 Å². The van der Waals surface area contributed by atoms with Crippen molar-refractivity contribution in [3.8, 4) is 11.8 Å². The van der Waals surface area contributed by atoms with Crippen molar-refractivity contribution >= 4 is 23.0 Å². The number of nitriles is 1. The van der Waals surface area contributed by atoms with Crippen LogP contribution >= 0.6 is 0 Å². The molecule has 3 rings (SSSR count). The first-order valence-electron chi connectivity index (χ1n) is 13.9. The van der Waals surface area contributed by atoms with Crippen LogP contribution in [0.5, 0.6) is 5.75 Å².